The van der Waals surface area contributed by atoms with E-state index in [2.05, 4.69) is 22.5 Å². The summed E-state index contributed by atoms with van der Waals surface area (Å²) < 4.78 is 63.7. The standard InChI is InChI=1S/C27H27F3N4O.C5H8FNO/c1-35-26-15-19(17-31)12-13-24(26)32-14-6-9-21-16-22-23(33-20-7-3-2-4-8-20)10-5-11-25(22)34(21)18-27(28,29)30;6-7-1-5(2-7)3-8-4-5/h5,10-13,15-16,20,32-33H,2-4,7-8,14,18H2,1H3;1-4H2. The first-order chi connectivity index (χ1) is 20.7. The molecule has 43 heavy (non-hydrogen) atoms. The van der Waals surface area contributed by atoms with Crippen LogP contribution in [0.4, 0.5) is 29.0 Å². The predicted molar refractivity (Wildman–Crippen MR) is 157 cm³/mol. The predicted octanol–water partition coefficient (Wildman–Crippen LogP) is 6.50. The second-order valence-electron chi connectivity index (χ2n) is 11.4. The minimum Gasteiger partial charge on any atom is -0.495 e. The topological polar surface area (TPSA) is 74.5 Å². The van der Waals surface area contributed by atoms with Gasteiger partial charge in [0.05, 0.1) is 55.4 Å². The van der Waals surface area contributed by atoms with Gasteiger partial charge in [-0.25, -0.2) is 0 Å². The number of anilines is 2. The van der Waals surface area contributed by atoms with Crippen LogP contribution in [0, 0.1) is 28.6 Å². The molecule has 11 heteroatoms. The summed E-state index contributed by atoms with van der Waals surface area (Å²) in [5.74, 6) is 6.34. The summed E-state index contributed by atoms with van der Waals surface area (Å²) in [4.78, 5) is 0. The minimum atomic E-state index is -4.37. The van der Waals surface area contributed by atoms with E-state index in [4.69, 9.17) is 14.7 Å². The lowest BCUT2D eigenvalue weighted by Crippen LogP contribution is -2.63. The maximum Gasteiger partial charge on any atom is 0.406 e. The molecule has 2 N–H and O–H groups in total. The molecule has 6 rings (SSSR count). The van der Waals surface area contributed by atoms with Gasteiger partial charge in [0.1, 0.15) is 12.3 Å². The molecule has 3 fully saturated rings. The molecule has 0 atom stereocenters. The fourth-order valence-electron chi connectivity index (χ4n) is 5.77. The number of alkyl halides is 3. The van der Waals surface area contributed by atoms with E-state index in [9.17, 15) is 17.7 Å². The van der Waals surface area contributed by atoms with Crippen molar-refractivity contribution in [1.82, 2.24) is 9.69 Å². The van der Waals surface area contributed by atoms with Crippen LogP contribution in [0.2, 0.25) is 0 Å². The van der Waals surface area contributed by atoms with Gasteiger partial charge in [-0.05, 0) is 49.1 Å². The normalized spacial score (nSPS) is 17.9. The highest BCUT2D eigenvalue weighted by molar-refractivity contribution is 5.94. The van der Waals surface area contributed by atoms with Crippen LogP contribution >= 0.6 is 0 Å². The molecule has 2 aromatic carbocycles. The number of ether oxygens (including phenoxy) is 2. The van der Waals surface area contributed by atoms with Crippen molar-refractivity contribution in [1.29, 1.82) is 5.26 Å². The van der Waals surface area contributed by atoms with Crippen LogP contribution in [0.3, 0.4) is 0 Å². The third-order valence-corrected chi connectivity index (χ3v) is 7.99. The molecule has 0 bridgehead atoms. The van der Waals surface area contributed by atoms with E-state index in [1.807, 2.05) is 12.1 Å². The van der Waals surface area contributed by atoms with Crippen LogP contribution in [0.5, 0.6) is 5.75 Å². The monoisotopic (exact) mass is 597 g/mol. The minimum absolute atomic E-state index is 0.197. The molecule has 3 heterocycles. The average molecular weight is 598 g/mol. The first kappa shape index (κ1) is 30.5. The molecule has 2 saturated heterocycles. The van der Waals surface area contributed by atoms with Crippen molar-refractivity contribution in [3.8, 4) is 23.7 Å². The zero-order chi connectivity index (χ0) is 30.5. The van der Waals surface area contributed by atoms with Crippen LogP contribution < -0.4 is 15.4 Å². The van der Waals surface area contributed by atoms with E-state index in [-0.39, 0.29) is 12.0 Å². The summed E-state index contributed by atoms with van der Waals surface area (Å²) in [5.41, 5.74) is 3.02. The summed E-state index contributed by atoms with van der Waals surface area (Å²) in [7, 11) is 1.50. The number of nitrogens with zero attached hydrogens (tertiary/aromatic N) is 3. The Bertz CT molecular complexity index is 1520. The summed E-state index contributed by atoms with van der Waals surface area (Å²) >= 11 is 0. The highest BCUT2D eigenvalue weighted by Gasteiger charge is 2.49. The van der Waals surface area contributed by atoms with E-state index in [0.29, 0.717) is 47.3 Å². The van der Waals surface area contributed by atoms with Crippen molar-refractivity contribution in [2.45, 2.75) is 50.9 Å². The van der Waals surface area contributed by atoms with Gasteiger partial charge in [-0.2, -0.15) is 18.4 Å². The number of halogens is 4. The SMILES string of the molecule is COc1cc(C#N)ccc1NCC#Cc1cc2c(NC3CCCCC3)cccc2n1CC(F)(F)F.FN1CC2(COC2)C1. The Hall–Kier alpha value is -3.93. The summed E-state index contributed by atoms with van der Waals surface area (Å²) in [6, 6.07) is 14.5. The number of hydrogen-bond acceptors (Lipinski definition) is 6. The van der Waals surface area contributed by atoms with Gasteiger partial charge < -0.3 is 24.7 Å². The van der Waals surface area contributed by atoms with Crippen molar-refractivity contribution < 1.29 is 27.1 Å². The van der Waals surface area contributed by atoms with Gasteiger partial charge in [-0.15, -0.1) is 9.60 Å². The third kappa shape index (κ3) is 7.54. The molecule has 0 unspecified atom stereocenters. The molecule has 0 radical (unpaired) electrons. The number of hydrogen-bond donors (Lipinski definition) is 2. The number of nitriles is 1. The van der Waals surface area contributed by atoms with Crippen molar-refractivity contribution >= 4 is 22.3 Å². The number of fused-ring (bicyclic) bond motifs is 1. The number of aromatic nitrogens is 1. The molecule has 0 amide bonds. The Morgan fingerprint density at radius 3 is 2.44 bits per heavy atom. The lowest BCUT2D eigenvalue weighted by atomic mass is 9.80. The number of rotatable bonds is 6. The van der Waals surface area contributed by atoms with E-state index < -0.39 is 12.7 Å². The highest BCUT2D eigenvalue weighted by Crippen LogP contribution is 2.37. The summed E-state index contributed by atoms with van der Waals surface area (Å²) in [6.07, 6.45) is 1.32. The Labute approximate surface area is 248 Å². The molecule has 7 nitrogen and oxygen atoms in total. The zero-order valence-electron chi connectivity index (χ0n) is 24.1. The molecule has 228 valence electrons. The molecule has 1 aromatic heterocycles. The van der Waals surface area contributed by atoms with E-state index in [1.54, 1.807) is 36.4 Å². The van der Waals surface area contributed by atoms with Crippen LogP contribution in [-0.4, -0.2) is 61.9 Å². The summed E-state index contributed by atoms with van der Waals surface area (Å²) in [5, 5.41) is 17.3. The van der Waals surface area contributed by atoms with Gasteiger partial charge in [0.15, 0.2) is 0 Å². The van der Waals surface area contributed by atoms with Crippen molar-refractivity contribution in [3.05, 3.63) is 53.7 Å². The van der Waals surface area contributed by atoms with Gasteiger partial charge in [-0.1, -0.05) is 31.2 Å². The average Bonchev–Trinajstić information content (AvgIpc) is 3.30. The second-order valence-corrected chi connectivity index (χ2v) is 11.4. The molecular weight excluding hydrogens is 562 g/mol. The maximum atomic E-state index is 13.4. The van der Waals surface area contributed by atoms with E-state index in [0.717, 1.165) is 55.1 Å². The van der Waals surface area contributed by atoms with Gasteiger partial charge in [0.25, 0.3) is 0 Å². The molecule has 1 aliphatic carbocycles. The third-order valence-electron chi connectivity index (χ3n) is 7.99. The van der Waals surface area contributed by atoms with Crippen molar-refractivity contribution in [2.75, 3.05) is 50.6 Å². The molecule has 2 aliphatic heterocycles. The quantitative estimate of drug-likeness (QED) is 0.192. The van der Waals surface area contributed by atoms with Crippen molar-refractivity contribution in [2.24, 2.45) is 5.41 Å². The maximum absolute atomic E-state index is 13.4. The fraction of sp³-hybridized carbons (Fsp3) is 0.469. The Balaban J connectivity index is 0.000000392. The second kappa shape index (κ2) is 13.2. The molecular formula is C32H35F4N5O2. The van der Waals surface area contributed by atoms with E-state index in [1.165, 1.54) is 18.1 Å². The highest BCUT2D eigenvalue weighted by atomic mass is 19.4. The van der Waals surface area contributed by atoms with Gasteiger partial charge >= 0.3 is 6.18 Å². The number of benzene rings is 2. The van der Waals surface area contributed by atoms with Gasteiger partial charge in [-0.3, -0.25) is 0 Å². The Morgan fingerprint density at radius 2 is 1.84 bits per heavy atom. The van der Waals surface area contributed by atoms with Crippen LogP contribution in [0.1, 0.15) is 43.4 Å². The molecule has 1 saturated carbocycles. The lowest BCUT2D eigenvalue weighted by molar-refractivity contribution is -0.241. The summed E-state index contributed by atoms with van der Waals surface area (Å²) in [6.45, 7) is 1.81. The van der Waals surface area contributed by atoms with Crippen LogP contribution in [0.15, 0.2) is 42.5 Å². The van der Waals surface area contributed by atoms with E-state index >= 15 is 0 Å². The zero-order valence-corrected chi connectivity index (χ0v) is 24.1. The Kier molecular flexibility index (Phi) is 9.34. The Morgan fingerprint density at radius 1 is 1.07 bits per heavy atom. The largest absolute Gasteiger partial charge is 0.495 e. The number of nitrogens with one attached hydrogen (secondary N) is 2. The smallest absolute Gasteiger partial charge is 0.406 e. The molecule has 3 aliphatic rings. The molecule has 3 aromatic rings. The fourth-order valence-corrected chi connectivity index (χ4v) is 5.77. The van der Waals surface area contributed by atoms with Crippen molar-refractivity contribution in [3.63, 3.8) is 0 Å². The number of methoxy groups -OCH3 is 1. The first-order valence-corrected chi connectivity index (χ1v) is 14.4. The molecule has 1 spiro atoms. The van der Waals surface area contributed by atoms with Gasteiger partial charge in [0, 0.05) is 41.7 Å². The van der Waals surface area contributed by atoms with Crippen LogP contribution in [-0.2, 0) is 11.3 Å². The first-order valence-electron chi connectivity index (χ1n) is 14.4. The lowest BCUT2D eigenvalue weighted by Gasteiger charge is -2.50. The van der Waals surface area contributed by atoms with Gasteiger partial charge in [0.2, 0.25) is 0 Å². The van der Waals surface area contributed by atoms with Crippen LogP contribution in [0.25, 0.3) is 10.9 Å².